The fourth-order valence-corrected chi connectivity index (χ4v) is 4.75. The molecule has 1 atom stereocenters. The fraction of sp³-hybridized carbons (Fsp3) is 0.300. The minimum atomic E-state index is -0.313. The van der Waals surface area contributed by atoms with Crippen LogP contribution in [0.25, 0.3) is 5.69 Å². The molecule has 3 aromatic rings. The van der Waals surface area contributed by atoms with Gasteiger partial charge in [-0.05, 0) is 38.1 Å². The second-order valence-corrected chi connectivity index (χ2v) is 7.74. The van der Waals surface area contributed by atoms with Gasteiger partial charge in [-0.1, -0.05) is 18.2 Å². The van der Waals surface area contributed by atoms with Crippen molar-refractivity contribution in [1.82, 2.24) is 14.3 Å². The van der Waals surface area contributed by atoms with Crippen molar-refractivity contribution in [3.05, 3.63) is 75.6 Å². The van der Waals surface area contributed by atoms with Gasteiger partial charge in [0, 0.05) is 12.7 Å². The Bertz CT molecular complexity index is 1050. The Labute approximate surface area is 161 Å². The normalized spacial score (nSPS) is 17.1. The number of carbonyl (C=O) groups is 1. The van der Waals surface area contributed by atoms with E-state index in [9.17, 15) is 9.59 Å². The molecular weight excluding hydrogens is 362 g/mol. The summed E-state index contributed by atoms with van der Waals surface area (Å²) >= 11 is 1.49. The van der Waals surface area contributed by atoms with Gasteiger partial charge in [-0.25, -0.2) is 4.68 Å². The number of rotatable bonds is 4. The van der Waals surface area contributed by atoms with E-state index < -0.39 is 0 Å². The Hall–Kier alpha value is -2.67. The second kappa shape index (κ2) is 6.81. The molecule has 1 aliphatic rings. The molecule has 0 saturated carbocycles. The van der Waals surface area contributed by atoms with Gasteiger partial charge in [0.1, 0.15) is 16.9 Å². The first-order chi connectivity index (χ1) is 13.0. The summed E-state index contributed by atoms with van der Waals surface area (Å²) in [5.41, 5.74) is 2.23. The van der Waals surface area contributed by atoms with Gasteiger partial charge in [0.05, 0.1) is 23.5 Å². The monoisotopic (exact) mass is 383 g/mol. The maximum absolute atomic E-state index is 13.3. The minimum Gasteiger partial charge on any atom is -0.464 e. The number of benzene rings is 1. The highest BCUT2D eigenvalue weighted by Crippen LogP contribution is 2.39. The molecule has 0 aliphatic carbocycles. The largest absolute Gasteiger partial charge is 0.464 e. The first-order valence-corrected chi connectivity index (χ1v) is 9.82. The lowest BCUT2D eigenvalue weighted by molar-refractivity contribution is -0.128. The van der Waals surface area contributed by atoms with E-state index >= 15 is 0 Å². The van der Waals surface area contributed by atoms with Gasteiger partial charge < -0.3 is 9.32 Å². The highest BCUT2D eigenvalue weighted by molar-refractivity contribution is 8.00. The van der Waals surface area contributed by atoms with Gasteiger partial charge >= 0.3 is 0 Å². The Morgan fingerprint density at radius 2 is 1.85 bits per heavy atom. The number of nitrogens with zero attached hydrogens (tertiary/aromatic N) is 3. The van der Waals surface area contributed by atoms with Gasteiger partial charge in [-0.15, -0.1) is 11.8 Å². The summed E-state index contributed by atoms with van der Waals surface area (Å²) in [6.45, 7) is 4.17. The average Bonchev–Trinajstić information content (AvgIpc) is 3.29. The van der Waals surface area contributed by atoms with Gasteiger partial charge in [0.2, 0.25) is 5.91 Å². The highest BCUT2D eigenvalue weighted by Gasteiger charge is 2.37. The lowest BCUT2D eigenvalue weighted by Gasteiger charge is -2.22. The van der Waals surface area contributed by atoms with Crippen molar-refractivity contribution in [3.63, 3.8) is 0 Å². The molecule has 140 valence electrons. The minimum absolute atomic E-state index is 0.0213. The number of hydrogen-bond donors (Lipinski definition) is 0. The number of thioether (sulfide) groups is 1. The Morgan fingerprint density at radius 1 is 1.11 bits per heavy atom. The molecule has 2 aromatic heterocycles. The van der Waals surface area contributed by atoms with Crippen molar-refractivity contribution >= 4 is 17.7 Å². The van der Waals surface area contributed by atoms with E-state index in [-0.39, 0.29) is 16.8 Å². The van der Waals surface area contributed by atoms with E-state index in [1.807, 2.05) is 68.0 Å². The summed E-state index contributed by atoms with van der Waals surface area (Å²) < 4.78 is 9.15. The van der Waals surface area contributed by atoms with E-state index in [1.165, 1.54) is 11.8 Å². The van der Waals surface area contributed by atoms with Gasteiger partial charge in [0.25, 0.3) is 5.56 Å². The summed E-state index contributed by atoms with van der Waals surface area (Å²) in [5, 5.41) is -0.313. The van der Waals surface area contributed by atoms with Crippen LogP contribution in [0.1, 0.15) is 28.2 Å². The Kier molecular flexibility index (Phi) is 4.47. The molecule has 0 radical (unpaired) electrons. The molecule has 4 rings (SSSR count). The molecule has 1 aromatic carbocycles. The summed E-state index contributed by atoms with van der Waals surface area (Å²) in [4.78, 5) is 27.5. The van der Waals surface area contributed by atoms with E-state index in [4.69, 9.17) is 4.42 Å². The Balaban J connectivity index is 1.76. The number of para-hydroxylation sites is 1. The quantitative estimate of drug-likeness (QED) is 0.694. The number of hydrogen-bond acceptors (Lipinski definition) is 4. The molecule has 1 aliphatic heterocycles. The molecule has 0 bridgehead atoms. The predicted octanol–water partition coefficient (Wildman–Crippen LogP) is 3.16. The first kappa shape index (κ1) is 17.7. The standard InChI is InChI=1S/C20H21N3O3S/c1-13-9-10-16(26-13)11-22-17(24)12-27-20(22)18-14(2)21(3)23(19(18)25)15-7-5-4-6-8-15/h4-10,20H,11-12H2,1-3H3. The number of furan rings is 1. The third-order valence-electron chi connectivity index (χ3n) is 4.94. The highest BCUT2D eigenvalue weighted by atomic mass is 32.2. The van der Waals surface area contributed by atoms with Crippen LogP contribution in [0.5, 0.6) is 0 Å². The molecule has 3 heterocycles. The lowest BCUT2D eigenvalue weighted by Crippen LogP contribution is -2.30. The Morgan fingerprint density at radius 3 is 2.52 bits per heavy atom. The van der Waals surface area contributed by atoms with E-state index in [0.717, 1.165) is 22.9 Å². The molecule has 7 heteroatoms. The lowest BCUT2D eigenvalue weighted by atomic mass is 10.2. The fourth-order valence-electron chi connectivity index (χ4n) is 3.48. The molecular formula is C20H21N3O3S. The van der Waals surface area contributed by atoms with E-state index in [1.54, 1.807) is 9.58 Å². The summed E-state index contributed by atoms with van der Waals surface area (Å²) in [7, 11) is 1.87. The maximum atomic E-state index is 13.3. The molecule has 1 saturated heterocycles. The molecule has 1 unspecified atom stereocenters. The second-order valence-electron chi connectivity index (χ2n) is 6.67. The topological polar surface area (TPSA) is 60.4 Å². The predicted molar refractivity (Wildman–Crippen MR) is 105 cm³/mol. The zero-order chi connectivity index (χ0) is 19.1. The van der Waals surface area contributed by atoms with Crippen molar-refractivity contribution in [2.45, 2.75) is 25.8 Å². The van der Waals surface area contributed by atoms with Crippen LogP contribution in [0.2, 0.25) is 0 Å². The van der Waals surface area contributed by atoms with Crippen molar-refractivity contribution in [2.24, 2.45) is 7.05 Å². The summed E-state index contributed by atoms with van der Waals surface area (Å²) in [6, 6.07) is 13.3. The van der Waals surface area contributed by atoms with E-state index in [2.05, 4.69) is 0 Å². The first-order valence-electron chi connectivity index (χ1n) is 8.77. The van der Waals surface area contributed by atoms with E-state index in [0.29, 0.717) is 17.9 Å². The van der Waals surface area contributed by atoms with Crippen LogP contribution >= 0.6 is 11.8 Å². The van der Waals surface area contributed by atoms with Crippen LogP contribution in [0.4, 0.5) is 0 Å². The van der Waals surface area contributed by atoms with Crippen molar-refractivity contribution in [1.29, 1.82) is 0 Å². The number of carbonyl (C=O) groups excluding carboxylic acids is 1. The molecule has 0 N–H and O–H groups in total. The maximum Gasteiger partial charge on any atom is 0.277 e. The third kappa shape index (κ3) is 3.02. The van der Waals surface area contributed by atoms with Gasteiger partial charge in [-0.2, -0.15) is 0 Å². The zero-order valence-electron chi connectivity index (χ0n) is 15.5. The van der Waals surface area contributed by atoms with Crippen molar-refractivity contribution in [3.8, 4) is 5.69 Å². The number of amides is 1. The number of aromatic nitrogens is 2. The van der Waals surface area contributed by atoms with Crippen LogP contribution in [-0.4, -0.2) is 25.9 Å². The SMILES string of the molecule is Cc1ccc(CN2C(=O)CSC2c2c(C)n(C)n(-c3ccccc3)c2=O)o1. The molecule has 0 spiro atoms. The number of aryl methyl sites for hydroxylation is 1. The van der Waals surface area contributed by atoms with Gasteiger partial charge in [0.15, 0.2) is 0 Å². The molecule has 27 heavy (non-hydrogen) atoms. The summed E-state index contributed by atoms with van der Waals surface area (Å²) in [5.74, 6) is 1.92. The van der Waals surface area contributed by atoms with Crippen LogP contribution in [-0.2, 0) is 18.4 Å². The third-order valence-corrected chi connectivity index (χ3v) is 6.16. The van der Waals surface area contributed by atoms with Crippen LogP contribution in [0.3, 0.4) is 0 Å². The van der Waals surface area contributed by atoms with Crippen LogP contribution < -0.4 is 5.56 Å². The molecule has 6 nitrogen and oxygen atoms in total. The van der Waals surface area contributed by atoms with Crippen LogP contribution in [0, 0.1) is 13.8 Å². The van der Waals surface area contributed by atoms with Gasteiger partial charge in [-0.3, -0.25) is 14.3 Å². The average molecular weight is 383 g/mol. The zero-order valence-corrected chi connectivity index (χ0v) is 16.3. The summed E-state index contributed by atoms with van der Waals surface area (Å²) in [6.07, 6.45) is 0. The van der Waals surface area contributed by atoms with Crippen LogP contribution in [0.15, 0.2) is 51.7 Å². The molecule has 1 fully saturated rings. The van der Waals surface area contributed by atoms with Crippen molar-refractivity contribution < 1.29 is 9.21 Å². The van der Waals surface area contributed by atoms with Crippen molar-refractivity contribution in [2.75, 3.05) is 5.75 Å². The smallest absolute Gasteiger partial charge is 0.277 e. The molecule has 1 amide bonds.